The van der Waals surface area contributed by atoms with Crippen LogP contribution in [0.15, 0.2) is 18.3 Å². The van der Waals surface area contributed by atoms with Gasteiger partial charge >= 0.3 is 0 Å². The number of amides is 1. The van der Waals surface area contributed by atoms with E-state index in [9.17, 15) is 4.79 Å². The molecule has 1 rings (SSSR count). The fourth-order valence-electron chi connectivity index (χ4n) is 1.37. The molecule has 0 saturated heterocycles. The summed E-state index contributed by atoms with van der Waals surface area (Å²) >= 11 is 0. The number of nitrogens with one attached hydrogen (secondary N) is 2. The molecule has 0 radical (unpaired) electrons. The third-order valence-corrected chi connectivity index (χ3v) is 2.03. The van der Waals surface area contributed by atoms with E-state index >= 15 is 0 Å². The first-order chi connectivity index (χ1) is 7.58. The van der Waals surface area contributed by atoms with Crippen molar-refractivity contribution >= 4 is 11.6 Å². The monoisotopic (exact) mass is 221 g/mol. The van der Waals surface area contributed by atoms with Crippen molar-refractivity contribution in [2.45, 2.75) is 33.2 Å². The summed E-state index contributed by atoms with van der Waals surface area (Å²) in [5.41, 5.74) is 1.97. The van der Waals surface area contributed by atoms with E-state index in [1.807, 2.05) is 32.9 Å². The van der Waals surface area contributed by atoms with Gasteiger partial charge in [0.2, 0.25) is 5.91 Å². The molecule has 4 heteroatoms. The molecule has 0 spiro atoms. The maximum Gasteiger partial charge on any atom is 0.221 e. The molecule has 0 bridgehead atoms. The minimum atomic E-state index is 0.0771. The smallest absolute Gasteiger partial charge is 0.221 e. The fourth-order valence-corrected chi connectivity index (χ4v) is 1.37. The van der Waals surface area contributed by atoms with E-state index in [4.69, 9.17) is 0 Å². The Bertz CT molecular complexity index is 350. The quantitative estimate of drug-likeness (QED) is 0.796. The zero-order valence-electron chi connectivity index (χ0n) is 10.1. The lowest BCUT2D eigenvalue weighted by Crippen LogP contribution is -2.31. The molecule has 4 nitrogen and oxygen atoms in total. The van der Waals surface area contributed by atoms with Crippen LogP contribution in [0.5, 0.6) is 0 Å². The SMILES string of the molecule is Cc1cc(NCCC(=O)NC(C)C)ccn1. The lowest BCUT2D eigenvalue weighted by Gasteiger charge is -2.09. The highest BCUT2D eigenvalue weighted by Crippen LogP contribution is 2.06. The highest BCUT2D eigenvalue weighted by atomic mass is 16.1. The second-order valence-corrected chi connectivity index (χ2v) is 4.08. The van der Waals surface area contributed by atoms with E-state index in [1.165, 1.54) is 0 Å². The molecule has 0 unspecified atom stereocenters. The molecule has 88 valence electrons. The average Bonchev–Trinajstić information content (AvgIpc) is 2.16. The van der Waals surface area contributed by atoms with Gasteiger partial charge in [-0.1, -0.05) is 0 Å². The van der Waals surface area contributed by atoms with Crippen molar-refractivity contribution in [3.8, 4) is 0 Å². The van der Waals surface area contributed by atoms with Crippen LogP contribution in [0.3, 0.4) is 0 Å². The highest BCUT2D eigenvalue weighted by Gasteiger charge is 2.02. The normalized spacial score (nSPS) is 10.2. The summed E-state index contributed by atoms with van der Waals surface area (Å²) in [6, 6.07) is 4.06. The molecule has 0 aliphatic rings. The van der Waals surface area contributed by atoms with E-state index < -0.39 is 0 Å². The topological polar surface area (TPSA) is 54.0 Å². The van der Waals surface area contributed by atoms with Gasteiger partial charge in [0.15, 0.2) is 0 Å². The largest absolute Gasteiger partial charge is 0.384 e. The van der Waals surface area contributed by atoms with Gasteiger partial charge in [0, 0.05) is 36.6 Å². The molecule has 0 aliphatic heterocycles. The van der Waals surface area contributed by atoms with Crippen LogP contribution in [0.4, 0.5) is 5.69 Å². The van der Waals surface area contributed by atoms with Gasteiger partial charge in [0.05, 0.1) is 0 Å². The Kier molecular flexibility index (Phi) is 4.76. The van der Waals surface area contributed by atoms with E-state index in [2.05, 4.69) is 15.6 Å². The zero-order chi connectivity index (χ0) is 12.0. The summed E-state index contributed by atoms with van der Waals surface area (Å²) in [7, 11) is 0. The Morgan fingerprint density at radius 3 is 2.88 bits per heavy atom. The number of aryl methyl sites for hydroxylation is 1. The molecule has 16 heavy (non-hydrogen) atoms. The minimum absolute atomic E-state index is 0.0771. The van der Waals surface area contributed by atoms with Crippen LogP contribution in [0, 0.1) is 6.92 Å². The number of pyridine rings is 1. The van der Waals surface area contributed by atoms with Crippen molar-refractivity contribution in [3.63, 3.8) is 0 Å². The molecular weight excluding hydrogens is 202 g/mol. The summed E-state index contributed by atoms with van der Waals surface area (Å²) in [4.78, 5) is 15.5. The maximum atomic E-state index is 11.3. The summed E-state index contributed by atoms with van der Waals surface area (Å²) in [6.07, 6.45) is 2.24. The molecule has 0 aromatic carbocycles. The first-order valence-corrected chi connectivity index (χ1v) is 5.54. The first kappa shape index (κ1) is 12.5. The molecule has 1 aromatic rings. The van der Waals surface area contributed by atoms with Crippen molar-refractivity contribution in [3.05, 3.63) is 24.0 Å². The lowest BCUT2D eigenvalue weighted by molar-refractivity contribution is -0.121. The molecule has 1 heterocycles. The van der Waals surface area contributed by atoms with Crippen LogP contribution in [0.1, 0.15) is 26.0 Å². The number of nitrogens with zero attached hydrogens (tertiary/aromatic N) is 1. The fraction of sp³-hybridized carbons (Fsp3) is 0.500. The molecule has 1 amide bonds. The predicted octanol–water partition coefficient (Wildman–Crippen LogP) is 1.72. The van der Waals surface area contributed by atoms with Gasteiger partial charge in [-0.2, -0.15) is 0 Å². The minimum Gasteiger partial charge on any atom is -0.384 e. The van der Waals surface area contributed by atoms with Crippen molar-refractivity contribution < 1.29 is 4.79 Å². The second kappa shape index (κ2) is 6.10. The highest BCUT2D eigenvalue weighted by molar-refractivity contribution is 5.76. The Labute approximate surface area is 96.5 Å². The Morgan fingerprint density at radius 1 is 1.50 bits per heavy atom. The van der Waals surface area contributed by atoms with Crippen LogP contribution in [0.25, 0.3) is 0 Å². The second-order valence-electron chi connectivity index (χ2n) is 4.08. The number of carbonyl (C=O) groups excluding carboxylic acids is 1. The number of hydrogen-bond acceptors (Lipinski definition) is 3. The number of hydrogen-bond donors (Lipinski definition) is 2. The van der Waals surface area contributed by atoms with Gasteiger partial charge in [-0.15, -0.1) is 0 Å². The Hall–Kier alpha value is -1.58. The third-order valence-electron chi connectivity index (χ3n) is 2.03. The van der Waals surface area contributed by atoms with Gasteiger partial charge in [-0.05, 0) is 32.9 Å². The summed E-state index contributed by atoms with van der Waals surface area (Å²) < 4.78 is 0. The number of anilines is 1. The van der Waals surface area contributed by atoms with Crippen LogP contribution < -0.4 is 10.6 Å². The van der Waals surface area contributed by atoms with Crippen molar-refractivity contribution in [1.82, 2.24) is 10.3 Å². The molecule has 0 fully saturated rings. The van der Waals surface area contributed by atoms with E-state index in [1.54, 1.807) is 6.20 Å². The molecule has 1 aromatic heterocycles. The van der Waals surface area contributed by atoms with Gasteiger partial charge in [-0.3, -0.25) is 9.78 Å². The zero-order valence-corrected chi connectivity index (χ0v) is 10.1. The van der Waals surface area contributed by atoms with E-state index in [-0.39, 0.29) is 11.9 Å². The molecule has 0 atom stereocenters. The Morgan fingerprint density at radius 2 is 2.25 bits per heavy atom. The van der Waals surface area contributed by atoms with Crippen LogP contribution in [0.2, 0.25) is 0 Å². The van der Waals surface area contributed by atoms with E-state index in [0.717, 1.165) is 11.4 Å². The Balaban J connectivity index is 2.28. The molecule has 0 aliphatic carbocycles. The molecule has 0 saturated carbocycles. The summed E-state index contributed by atoms with van der Waals surface area (Å²) in [5, 5.41) is 6.04. The average molecular weight is 221 g/mol. The van der Waals surface area contributed by atoms with Crippen molar-refractivity contribution in [2.75, 3.05) is 11.9 Å². The van der Waals surface area contributed by atoms with Crippen LogP contribution in [-0.4, -0.2) is 23.5 Å². The standard InChI is InChI=1S/C12H19N3O/c1-9(2)15-12(16)5-7-14-11-4-6-13-10(3)8-11/h4,6,8-9H,5,7H2,1-3H3,(H,13,14)(H,15,16). The number of carbonyl (C=O) groups is 1. The van der Waals surface area contributed by atoms with Gasteiger partial charge in [-0.25, -0.2) is 0 Å². The lowest BCUT2D eigenvalue weighted by atomic mass is 10.3. The van der Waals surface area contributed by atoms with Gasteiger partial charge in [0.1, 0.15) is 0 Å². The predicted molar refractivity (Wildman–Crippen MR) is 65.4 cm³/mol. The van der Waals surface area contributed by atoms with E-state index in [0.29, 0.717) is 13.0 Å². The van der Waals surface area contributed by atoms with Crippen molar-refractivity contribution in [2.24, 2.45) is 0 Å². The number of aromatic nitrogens is 1. The maximum absolute atomic E-state index is 11.3. The van der Waals surface area contributed by atoms with Gasteiger partial charge < -0.3 is 10.6 Å². The number of rotatable bonds is 5. The van der Waals surface area contributed by atoms with Gasteiger partial charge in [0.25, 0.3) is 0 Å². The summed E-state index contributed by atoms with van der Waals surface area (Å²) in [6.45, 7) is 6.49. The summed E-state index contributed by atoms with van der Waals surface area (Å²) in [5.74, 6) is 0.0771. The van der Waals surface area contributed by atoms with Crippen LogP contribution in [-0.2, 0) is 4.79 Å². The third kappa shape index (κ3) is 4.77. The van der Waals surface area contributed by atoms with Crippen LogP contribution >= 0.6 is 0 Å². The van der Waals surface area contributed by atoms with Crippen molar-refractivity contribution in [1.29, 1.82) is 0 Å². The molecule has 2 N–H and O–H groups in total. The first-order valence-electron chi connectivity index (χ1n) is 5.54. The molecular formula is C12H19N3O.